The molecule has 1 aromatic carbocycles. The fourth-order valence-electron chi connectivity index (χ4n) is 4.51. The smallest absolute Gasteiger partial charge is 0.225 e. The molecule has 0 bridgehead atoms. The van der Waals surface area contributed by atoms with Gasteiger partial charge in [0.05, 0.1) is 5.92 Å². The highest BCUT2D eigenvalue weighted by molar-refractivity contribution is 5.91. The minimum atomic E-state index is 0.0606. The monoisotopic (exact) mass is 399 g/mol. The van der Waals surface area contributed by atoms with Gasteiger partial charge in [0.15, 0.2) is 0 Å². The van der Waals surface area contributed by atoms with Crippen LogP contribution in [-0.4, -0.2) is 42.9 Å². The Kier molecular flexibility index (Phi) is 8.53. The van der Waals surface area contributed by atoms with E-state index in [2.05, 4.69) is 34.6 Å². The third kappa shape index (κ3) is 6.84. The first kappa shape index (κ1) is 21.8. The van der Waals surface area contributed by atoms with Gasteiger partial charge in [-0.1, -0.05) is 32.3 Å². The van der Waals surface area contributed by atoms with Gasteiger partial charge in [-0.25, -0.2) is 0 Å². The van der Waals surface area contributed by atoms with Gasteiger partial charge in [-0.2, -0.15) is 0 Å². The Labute approximate surface area is 175 Å². The Morgan fingerprint density at radius 3 is 2.83 bits per heavy atom. The van der Waals surface area contributed by atoms with Gasteiger partial charge in [0.25, 0.3) is 0 Å². The molecule has 1 saturated heterocycles. The molecule has 29 heavy (non-hydrogen) atoms. The number of fused-ring (bicyclic) bond motifs is 1. The number of aryl methyl sites for hydroxylation is 2. The number of unbranched alkanes of at least 4 members (excludes halogenated alkanes) is 3. The summed E-state index contributed by atoms with van der Waals surface area (Å²) in [6.45, 7) is 5.45. The maximum Gasteiger partial charge on any atom is 0.225 e. The van der Waals surface area contributed by atoms with Gasteiger partial charge in [0.1, 0.15) is 0 Å². The number of likely N-dealkylation sites (tertiary alicyclic amines) is 1. The molecule has 0 spiro atoms. The lowest BCUT2D eigenvalue weighted by atomic mass is 9.97. The van der Waals surface area contributed by atoms with Crippen LogP contribution in [0.2, 0.25) is 0 Å². The number of hydrogen-bond acceptors (Lipinski definition) is 3. The summed E-state index contributed by atoms with van der Waals surface area (Å²) >= 11 is 0. The van der Waals surface area contributed by atoms with Crippen molar-refractivity contribution in [1.82, 2.24) is 10.2 Å². The second kappa shape index (κ2) is 11.3. The summed E-state index contributed by atoms with van der Waals surface area (Å²) in [5.74, 6) is 0.314. The Balaban J connectivity index is 1.36. The third-order valence-electron chi connectivity index (χ3n) is 6.24. The summed E-state index contributed by atoms with van der Waals surface area (Å²) in [7, 11) is 0. The highest BCUT2D eigenvalue weighted by Crippen LogP contribution is 2.25. The number of anilines is 1. The molecule has 1 unspecified atom stereocenters. The van der Waals surface area contributed by atoms with Crippen molar-refractivity contribution in [2.24, 2.45) is 5.92 Å². The van der Waals surface area contributed by atoms with Gasteiger partial charge < -0.3 is 15.5 Å². The van der Waals surface area contributed by atoms with Crippen molar-refractivity contribution in [2.45, 2.75) is 71.1 Å². The molecular weight excluding hydrogens is 362 g/mol. The maximum atomic E-state index is 12.4. The molecule has 2 aliphatic rings. The predicted molar refractivity (Wildman–Crippen MR) is 118 cm³/mol. The SMILES string of the molecule is CCCCCCNC(=O)C1CCCN(CCC(=O)Nc2ccc3c(c2)CCC3)C1. The molecule has 5 nitrogen and oxygen atoms in total. The fraction of sp³-hybridized carbons (Fsp3) is 0.667. The molecule has 1 aliphatic carbocycles. The molecule has 3 rings (SSSR count). The zero-order valence-electron chi connectivity index (χ0n) is 18.0. The van der Waals surface area contributed by atoms with Crippen LogP contribution in [0.3, 0.4) is 0 Å². The lowest BCUT2D eigenvalue weighted by Crippen LogP contribution is -2.44. The molecule has 0 radical (unpaired) electrons. The molecule has 2 N–H and O–H groups in total. The lowest BCUT2D eigenvalue weighted by Gasteiger charge is -2.31. The van der Waals surface area contributed by atoms with E-state index in [0.29, 0.717) is 6.42 Å². The first-order chi connectivity index (χ1) is 14.2. The molecule has 160 valence electrons. The van der Waals surface area contributed by atoms with E-state index in [9.17, 15) is 9.59 Å². The molecule has 0 aromatic heterocycles. The van der Waals surface area contributed by atoms with Crippen LogP contribution in [-0.2, 0) is 22.4 Å². The highest BCUT2D eigenvalue weighted by atomic mass is 16.2. The summed E-state index contributed by atoms with van der Waals surface area (Å²) in [5, 5.41) is 6.15. The molecule has 1 heterocycles. The normalized spacial score (nSPS) is 19.0. The van der Waals surface area contributed by atoms with Gasteiger partial charge in [-0.15, -0.1) is 0 Å². The summed E-state index contributed by atoms with van der Waals surface area (Å²) in [5.41, 5.74) is 3.71. The van der Waals surface area contributed by atoms with Crippen molar-refractivity contribution < 1.29 is 9.59 Å². The standard InChI is InChI=1S/C24H37N3O2/c1-2-3-4-5-14-25-24(29)21-10-7-15-27(18-21)16-13-23(28)26-22-12-11-19-8-6-9-20(19)17-22/h11-12,17,21H,2-10,13-16,18H2,1H3,(H,25,29)(H,26,28). The van der Waals surface area contributed by atoms with Crippen LogP contribution in [0.15, 0.2) is 18.2 Å². The topological polar surface area (TPSA) is 61.4 Å². The maximum absolute atomic E-state index is 12.4. The van der Waals surface area contributed by atoms with E-state index in [-0.39, 0.29) is 17.7 Å². The Morgan fingerprint density at radius 2 is 1.97 bits per heavy atom. The Bertz CT molecular complexity index is 689. The third-order valence-corrected chi connectivity index (χ3v) is 6.24. The number of nitrogens with zero attached hydrogens (tertiary/aromatic N) is 1. The van der Waals surface area contributed by atoms with Crippen LogP contribution in [0.25, 0.3) is 0 Å². The highest BCUT2D eigenvalue weighted by Gasteiger charge is 2.25. The van der Waals surface area contributed by atoms with Gasteiger partial charge in [-0.05, 0) is 68.3 Å². The zero-order valence-corrected chi connectivity index (χ0v) is 18.0. The van der Waals surface area contributed by atoms with Crippen molar-refractivity contribution in [1.29, 1.82) is 0 Å². The molecule has 2 amide bonds. The summed E-state index contributed by atoms with van der Waals surface area (Å²) < 4.78 is 0. The van der Waals surface area contributed by atoms with Gasteiger partial charge in [0, 0.05) is 31.7 Å². The van der Waals surface area contributed by atoms with Crippen molar-refractivity contribution in [2.75, 3.05) is 31.5 Å². The van der Waals surface area contributed by atoms with Crippen LogP contribution in [0.5, 0.6) is 0 Å². The van der Waals surface area contributed by atoms with E-state index in [1.165, 1.54) is 36.8 Å². The molecule has 0 saturated carbocycles. The second-order valence-corrected chi connectivity index (χ2v) is 8.63. The summed E-state index contributed by atoms with van der Waals surface area (Å²) in [4.78, 5) is 27.1. The number of nitrogens with one attached hydrogen (secondary N) is 2. The second-order valence-electron chi connectivity index (χ2n) is 8.63. The van der Waals surface area contributed by atoms with Crippen LogP contribution in [0.1, 0.15) is 69.4 Å². The molecule has 1 aromatic rings. The van der Waals surface area contributed by atoms with Crippen LogP contribution < -0.4 is 10.6 Å². The van der Waals surface area contributed by atoms with Crippen LogP contribution >= 0.6 is 0 Å². The quantitative estimate of drug-likeness (QED) is 0.587. The van der Waals surface area contributed by atoms with Crippen molar-refractivity contribution in [3.05, 3.63) is 29.3 Å². The van der Waals surface area contributed by atoms with E-state index < -0.39 is 0 Å². The number of benzene rings is 1. The fourth-order valence-corrected chi connectivity index (χ4v) is 4.51. The van der Waals surface area contributed by atoms with Gasteiger partial charge in [0.2, 0.25) is 11.8 Å². The van der Waals surface area contributed by atoms with E-state index >= 15 is 0 Å². The predicted octanol–water partition coefficient (Wildman–Crippen LogP) is 3.91. The average molecular weight is 400 g/mol. The number of carbonyl (C=O) groups excluding carboxylic acids is 2. The van der Waals surface area contributed by atoms with Gasteiger partial charge in [-0.3, -0.25) is 9.59 Å². The van der Waals surface area contributed by atoms with E-state index in [1.54, 1.807) is 0 Å². The summed E-state index contributed by atoms with van der Waals surface area (Å²) in [6.07, 6.45) is 10.7. The minimum absolute atomic E-state index is 0.0606. The van der Waals surface area contributed by atoms with Crippen molar-refractivity contribution in [3.63, 3.8) is 0 Å². The number of rotatable bonds is 10. The average Bonchev–Trinajstić information content (AvgIpc) is 3.20. The first-order valence-electron chi connectivity index (χ1n) is 11.6. The molecule has 5 heteroatoms. The molecule has 1 fully saturated rings. The van der Waals surface area contributed by atoms with E-state index in [4.69, 9.17) is 0 Å². The van der Waals surface area contributed by atoms with E-state index in [0.717, 1.165) is 64.0 Å². The van der Waals surface area contributed by atoms with Crippen molar-refractivity contribution >= 4 is 17.5 Å². The largest absolute Gasteiger partial charge is 0.356 e. The zero-order chi connectivity index (χ0) is 20.5. The van der Waals surface area contributed by atoms with Crippen LogP contribution in [0, 0.1) is 5.92 Å². The Hall–Kier alpha value is -1.88. The Morgan fingerprint density at radius 1 is 1.10 bits per heavy atom. The van der Waals surface area contributed by atoms with Gasteiger partial charge >= 0.3 is 0 Å². The minimum Gasteiger partial charge on any atom is -0.356 e. The lowest BCUT2D eigenvalue weighted by molar-refractivity contribution is -0.126. The van der Waals surface area contributed by atoms with Crippen molar-refractivity contribution in [3.8, 4) is 0 Å². The molecular formula is C24H37N3O2. The number of carbonyl (C=O) groups is 2. The van der Waals surface area contributed by atoms with E-state index in [1.807, 2.05) is 6.07 Å². The number of hydrogen-bond donors (Lipinski definition) is 2. The van der Waals surface area contributed by atoms with Crippen LogP contribution in [0.4, 0.5) is 5.69 Å². The summed E-state index contributed by atoms with van der Waals surface area (Å²) in [6, 6.07) is 6.29. The molecule has 1 aliphatic heterocycles. The number of amides is 2. The number of piperidine rings is 1. The molecule has 1 atom stereocenters. The first-order valence-corrected chi connectivity index (χ1v) is 11.6.